The molecule has 35 heavy (non-hydrogen) atoms. The summed E-state index contributed by atoms with van der Waals surface area (Å²) in [4.78, 5) is 54.6. The molecule has 2 saturated heterocycles. The van der Waals surface area contributed by atoms with Crippen LogP contribution in [0.1, 0.15) is 24.8 Å². The van der Waals surface area contributed by atoms with Crippen LogP contribution in [0.2, 0.25) is 0 Å². The highest BCUT2D eigenvalue weighted by molar-refractivity contribution is 9.12. The van der Waals surface area contributed by atoms with Crippen LogP contribution in [0.5, 0.6) is 5.75 Å². The molecule has 3 fully saturated rings. The number of carbonyl (C=O) groups is 4. The van der Waals surface area contributed by atoms with E-state index >= 15 is 0 Å². The molecule has 5 atom stereocenters. The number of rotatable bonds is 4. The summed E-state index contributed by atoms with van der Waals surface area (Å²) < 4.78 is 5.59. The molecular weight excluding hydrogens is 580 g/mol. The number of fused-ring (bicyclic) bond motifs is 1. The van der Waals surface area contributed by atoms with Crippen LogP contribution in [0.4, 0.5) is 11.4 Å². The van der Waals surface area contributed by atoms with E-state index in [0.29, 0.717) is 29.8 Å². The fourth-order valence-electron chi connectivity index (χ4n) is 5.20. The van der Waals surface area contributed by atoms with E-state index in [9.17, 15) is 19.2 Å². The van der Waals surface area contributed by atoms with E-state index in [-0.39, 0.29) is 52.2 Å². The van der Waals surface area contributed by atoms with Gasteiger partial charge < -0.3 is 9.64 Å². The Bertz CT molecular complexity index is 1180. The van der Waals surface area contributed by atoms with Gasteiger partial charge in [0.1, 0.15) is 5.75 Å². The van der Waals surface area contributed by atoms with Crippen molar-refractivity contribution >= 4 is 66.9 Å². The van der Waals surface area contributed by atoms with Crippen LogP contribution in [0.3, 0.4) is 0 Å². The molecule has 0 radical (unpaired) electrons. The molecule has 182 valence electrons. The Morgan fingerprint density at radius 2 is 1.57 bits per heavy atom. The first kappa shape index (κ1) is 24.2. The fraction of sp³-hybridized carbons (Fsp3) is 0.385. The Labute approximate surface area is 220 Å². The molecular formula is C26H24Br2N2O5. The number of hydrogen-bond donors (Lipinski definition) is 0. The van der Waals surface area contributed by atoms with Crippen molar-refractivity contribution in [3.05, 3.63) is 54.1 Å². The number of esters is 1. The average Bonchev–Trinajstić information content (AvgIpc) is 3.33. The van der Waals surface area contributed by atoms with Gasteiger partial charge in [-0.3, -0.25) is 19.2 Å². The summed E-state index contributed by atoms with van der Waals surface area (Å²) in [6.07, 6.45) is 1.31. The molecule has 1 aliphatic carbocycles. The van der Waals surface area contributed by atoms with Crippen LogP contribution in [-0.4, -0.2) is 39.9 Å². The van der Waals surface area contributed by atoms with Gasteiger partial charge in [-0.1, -0.05) is 50.1 Å². The van der Waals surface area contributed by atoms with E-state index in [2.05, 4.69) is 31.9 Å². The molecule has 7 nitrogen and oxygen atoms in total. The summed E-state index contributed by atoms with van der Waals surface area (Å²) in [7, 11) is 0. The van der Waals surface area contributed by atoms with Crippen molar-refractivity contribution in [1.29, 1.82) is 0 Å². The first-order valence-corrected chi connectivity index (χ1v) is 13.4. The molecule has 0 bridgehead atoms. The molecule has 2 aromatic carbocycles. The van der Waals surface area contributed by atoms with Crippen molar-refractivity contribution < 1.29 is 23.9 Å². The average molecular weight is 604 g/mol. The number of amides is 3. The normalized spacial score (nSPS) is 28.4. The Morgan fingerprint density at radius 1 is 0.943 bits per heavy atom. The fourth-order valence-corrected chi connectivity index (χ4v) is 6.43. The summed E-state index contributed by atoms with van der Waals surface area (Å²) in [6, 6.07) is 14.1. The van der Waals surface area contributed by atoms with E-state index < -0.39 is 11.9 Å². The third-order valence-electron chi connectivity index (χ3n) is 7.07. The van der Waals surface area contributed by atoms with Gasteiger partial charge in [-0.05, 0) is 55.7 Å². The van der Waals surface area contributed by atoms with Gasteiger partial charge in [-0.15, -0.1) is 0 Å². The highest BCUT2D eigenvalue weighted by atomic mass is 79.9. The second-order valence-electron chi connectivity index (χ2n) is 9.34. The summed E-state index contributed by atoms with van der Waals surface area (Å²) >= 11 is 7.22. The second kappa shape index (κ2) is 9.50. The first-order valence-electron chi connectivity index (χ1n) is 11.6. The van der Waals surface area contributed by atoms with Crippen molar-refractivity contribution in [2.75, 3.05) is 16.3 Å². The lowest BCUT2D eigenvalue weighted by atomic mass is 9.81. The van der Waals surface area contributed by atoms with E-state index in [1.54, 1.807) is 30.0 Å². The molecule has 0 N–H and O–H groups in total. The zero-order chi connectivity index (χ0) is 24.9. The minimum absolute atomic E-state index is 0.0908. The molecule has 3 amide bonds. The van der Waals surface area contributed by atoms with Gasteiger partial charge in [0.25, 0.3) is 0 Å². The minimum atomic E-state index is -0.568. The third kappa shape index (κ3) is 4.44. The number of benzene rings is 2. The SMILES string of the molecule is Cc1cc(OC(=O)[C@@H]2CC(=O)N(c3ccccc3)C2)ccc1N1C(=O)[C@@H]2C[C@H](Br)[C@@H](Br)C[C@H]2C1=O. The van der Waals surface area contributed by atoms with Crippen molar-refractivity contribution in [2.45, 2.75) is 35.8 Å². The summed E-state index contributed by atoms with van der Waals surface area (Å²) in [5, 5.41) is 0. The molecule has 1 saturated carbocycles. The monoisotopic (exact) mass is 602 g/mol. The van der Waals surface area contributed by atoms with Crippen LogP contribution in [-0.2, 0) is 19.2 Å². The molecule has 2 aliphatic heterocycles. The quantitative estimate of drug-likeness (QED) is 0.224. The predicted octanol–water partition coefficient (Wildman–Crippen LogP) is 4.38. The van der Waals surface area contributed by atoms with Crippen LogP contribution in [0.25, 0.3) is 0 Å². The number of alkyl halides is 2. The van der Waals surface area contributed by atoms with Crippen molar-refractivity contribution in [1.82, 2.24) is 0 Å². The smallest absolute Gasteiger partial charge is 0.316 e. The van der Waals surface area contributed by atoms with Crippen LogP contribution < -0.4 is 14.5 Å². The molecule has 9 heteroatoms. The molecule has 5 rings (SSSR count). The number of hydrogen-bond acceptors (Lipinski definition) is 5. The van der Waals surface area contributed by atoms with E-state index in [0.717, 1.165) is 5.69 Å². The Hall–Kier alpha value is -2.52. The van der Waals surface area contributed by atoms with Gasteiger partial charge in [0.15, 0.2) is 0 Å². The largest absolute Gasteiger partial charge is 0.426 e. The molecule has 0 aromatic heterocycles. The van der Waals surface area contributed by atoms with E-state index in [4.69, 9.17) is 4.74 Å². The van der Waals surface area contributed by atoms with Gasteiger partial charge in [-0.25, -0.2) is 4.90 Å². The summed E-state index contributed by atoms with van der Waals surface area (Å²) in [5.74, 6) is -1.86. The van der Waals surface area contributed by atoms with Crippen molar-refractivity contribution in [3.63, 3.8) is 0 Å². The first-order chi connectivity index (χ1) is 16.7. The van der Waals surface area contributed by atoms with Gasteiger partial charge in [0.05, 0.1) is 23.4 Å². The Balaban J connectivity index is 1.28. The van der Waals surface area contributed by atoms with E-state index in [1.807, 2.05) is 30.3 Å². The zero-order valence-corrected chi connectivity index (χ0v) is 22.2. The van der Waals surface area contributed by atoms with E-state index in [1.165, 1.54) is 4.90 Å². The second-order valence-corrected chi connectivity index (χ2v) is 11.7. The zero-order valence-electron chi connectivity index (χ0n) is 19.0. The summed E-state index contributed by atoms with van der Waals surface area (Å²) in [5.41, 5.74) is 1.93. The lowest BCUT2D eigenvalue weighted by molar-refractivity contribution is -0.139. The predicted molar refractivity (Wildman–Crippen MR) is 138 cm³/mol. The Morgan fingerprint density at radius 3 is 2.17 bits per heavy atom. The molecule has 2 aromatic rings. The highest BCUT2D eigenvalue weighted by Gasteiger charge is 2.52. The standard InChI is InChI=1S/C26H24Br2N2O5/c1-14-9-17(35-26(34)15-10-23(31)29(13-15)16-5-3-2-4-6-16)7-8-22(14)30-24(32)18-11-20(27)21(28)12-19(18)25(30)33/h2-9,15,18-21H,10-13H2,1H3/t15-,18-,19-,20+,21+/m1/s1. The number of anilines is 2. The lowest BCUT2D eigenvalue weighted by Crippen LogP contribution is -2.34. The number of carbonyl (C=O) groups excluding carboxylic acids is 4. The number of imide groups is 1. The van der Waals surface area contributed by atoms with Crippen molar-refractivity contribution in [3.8, 4) is 5.75 Å². The van der Waals surface area contributed by atoms with Gasteiger partial charge >= 0.3 is 5.97 Å². The van der Waals surface area contributed by atoms with Gasteiger partial charge in [0.2, 0.25) is 17.7 Å². The molecule has 0 unspecified atom stereocenters. The minimum Gasteiger partial charge on any atom is -0.426 e. The number of nitrogens with zero attached hydrogens (tertiary/aromatic N) is 2. The number of aryl methyl sites for hydroxylation is 1. The van der Waals surface area contributed by atoms with Crippen LogP contribution in [0.15, 0.2) is 48.5 Å². The van der Waals surface area contributed by atoms with Gasteiger partial charge in [-0.2, -0.15) is 0 Å². The van der Waals surface area contributed by atoms with Crippen LogP contribution in [0, 0.1) is 24.7 Å². The number of ether oxygens (including phenoxy) is 1. The molecule has 2 heterocycles. The van der Waals surface area contributed by atoms with Crippen LogP contribution >= 0.6 is 31.9 Å². The number of para-hydroxylation sites is 1. The topological polar surface area (TPSA) is 84.0 Å². The van der Waals surface area contributed by atoms with Gasteiger partial charge in [0, 0.05) is 28.3 Å². The molecule has 3 aliphatic rings. The maximum Gasteiger partial charge on any atom is 0.316 e. The maximum atomic E-state index is 13.1. The lowest BCUT2D eigenvalue weighted by Gasteiger charge is -2.29. The maximum absolute atomic E-state index is 13.1. The molecule has 0 spiro atoms. The third-order valence-corrected chi connectivity index (χ3v) is 9.80. The number of halogens is 2. The highest BCUT2D eigenvalue weighted by Crippen LogP contribution is 2.45. The Kier molecular flexibility index (Phi) is 6.57. The summed E-state index contributed by atoms with van der Waals surface area (Å²) in [6.45, 7) is 2.05. The van der Waals surface area contributed by atoms with Crippen molar-refractivity contribution in [2.24, 2.45) is 17.8 Å².